The van der Waals surface area contributed by atoms with Gasteiger partial charge in [0.25, 0.3) is 0 Å². The number of hydrogen-bond acceptors (Lipinski definition) is 7. The zero-order valence-electron chi connectivity index (χ0n) is 23.6. The van der Waals surface area contributed by atoms with E-state index in [2.05, 4.69) is 13.0 Å². The van der Waals surface area contributed by atoms with Crippen molar-refractivity contribution in [1.29, 1.82) is 0 Å². The molecule has 7 rings (SSSR count). The first kappa shape index (κ1) is 26.6. The summed E-state index contributed by atoms with van der Waals surface area (Å²) in [5.41, 5.74) is -2.12. The van der Waals surface area contributed by atoms with Gasteiger partial charge < -0.3 is 34.0 Å². The normalized spacial score (nSPS) is 52.8. The number of ether oxygens (including phenoxy) is 4. The highest BCUT2D eigenvalue weighted by atomic mass is 16.8. The average Bonchev–Trinajstić information content (AvgIpc) is 3.69. The first-order valence-electron chi connectivity index (χ1n) is 15.3. The maximum absolute atomic E-state index is 13.6. The van der Waals surface area contributed by atoms with Gasteiger partial charge in [-0.1, -0.05) is 38.8 Å². The van der Waals surface area contributed by atoms with Gasteiger partial charge in [0.2, 0.25) is 0 Å². The second-order valence-electron chi connectivity index (χ2n) is 14.3. The van der Waals surface area contributed by atoms with Crippen LogP contribution in [0.3, 0.4) is 0 Å². The summed E-state index contributed by atoms with van der Waals surface area (Å²) in [7, 11) is 0. The highest BCUT2D eigenvalue weighted by Crippen LogP contribution is 2.82. The Bertz CT molecular complexity index is 1080. The third-order valence-electron chi connectivity index (χ3n) is 12.4. The van der Waals surface area contributed by atoms with Crippen LogP contribution in [0.2, 0.25) is 0 Å². The maximum atomic E-state index is 13.6. The van der Waals surface area contributed by atoms with E-state index in [1.807, 2.05) is 20.8 Å². The predicted molar refractivity (Wildman–Crippen MR) is 139 cm³/mol. The number of rotatable bonds is 6. The summed E-state index contributed by atoms with van der Waals surface area (Å²) in [5.74, 6) is -0.807. The molecule has 4 bridgehead atoms. The van der Waals surface area contributed by atoms with Gasteiger partial charge in [-0.15, -0.1) is 0 Å². The fourth-order valence-corrected chi connectivity index (χ4v) is 11.0. The Balaban J connectivity index is 1.23. The molecule has 5 aliphatic carbocycles. The summed E-state index contributed by atoms with van der Waals surface area (Å²) in [6.07, 6.45) is 6.86. The molecule has 0 aromatic rings. The molecule has 2 saturated heterocycles. The van der Waals surface area contributed by atoms with Crippen LogP contribution in [0.5, 0.6) is 0 Å². The molecular weight excluding hydrogens is 500 g/mol. The van der Waals surface area contributed by atoms with Crippen molar-refractivity contribution >= 4 is 12.3 Å². The van der Waals surface area contributed by atoms with Crippen LogP contribution < -0.4 is 0 Å². The van der Waals surface area contributed by atoms with Crippen molar-refractivity contribution in [2.75, 3.05) is 6.61 Å². The first-order valence-corrected chi connectivity index (χ1v) is 15.3. The molecule has 0 aromatic carbocycles. The fourth-order valence-electron chi connectivity index (χ4n) is 11.0. The summed E-state index contributed by atoms with van der Waals surface area (Å²) in [6.45, 7) is 8.39. The van der Waals surface area contributed by atoms with Crippen LogP contribution in [-0.2, 0) is 28.5 Å². The van der Waals surface area contributed by atoms with Crippen molar-refractivity contribution < 1.29 is 38.7 Å². The number of aldehydes is 1. The molecule has 8 heteroatoms. The number of aliphatic hydroxyl groups excluding tert-OH is 1. The average molecular weight is 545 g/mol. The Hall–Kier alpha value is -1.32. The van der Waals surface area contributed by atoms with Crippen molar-refractivity contribution in [2.45, 2.75) is 116 Å². The predicted octanol–water partition coefficient (Wildman–Crippen LogP) is 4.09. The quantitative estimate of drug-likeness (QED) is 0.380. The van der Waals surface area contributed by atoms with Crippen molar-refractivity contribution in [2.24, 2.45) is 45.8 Å². The minimum atomic E-state index is -1.31. The van der Waals surface area contributed by atoms with Gasteiger partial charge in [-0.3, -0.25) is 4.79 Å². The van der Waals surface area contributed by atoms with E-state index in [1.165, 1.54) is 0 Å². The SMILES string of the molecule is CC(C)C1=CC2CC3(C=O)C4CCC(C)C4CC2(CO[C@@H]2O[C@H](C)[C@H]4OC5(CCCC5)O[C@H]4[C@@H]2O)C13C(=O)O. The Kier molecular flexibility index (Phi) is 5.86. The summed E-state index contributed by atoms with van der Waals surface area (Å²) in [6, 6.07) is 0. The molecule has 6 fully saturated rings. The van der Waals surface area contributed by atoms with Crippen molar-refractivity contribution in [3.05, 3.63) is 11.6 Å². The zero-order valence-corrected chi connectivity index (χ0v) is 23.6. The maximum Gasteiger partial charge on any atom is 0.315 e. The molecule has 8 nitrogen and oxygen atoms in total. The molecule has 1 spiro atoms. The number of carbonyl (C=O) groups excluding carboxylic acids is 1. The van der Waals surface area contributed by atoms with E-state index in [9.17, 15) is 19.8 Å². The Morgan fingerprint density at radius 1 is 1.15 bits per heavy atom. The summed E-state index contributed by atoms with van der Waals surface area (Å²) >= 11 is 0. The van der Waals surface area contributed by atoms with Crippen LogP contribution in [0.1, 0.15) is 79.1 Å². The van der Waals surface area contributed by atoms with E-state index in [4.69, 9.17) is 18.9 Å². The molecule has 7 aliphatic rings. The van der Waals surface area contributed by atoms with Crippen LogP contribution in [-0.4, -0.2) is 65.6 Å². The van der Waals surface area contributed by atoms with Crippen LogP contribution >= 0.6 is 0 Å². The minimum absolute atomic E-state index is 0.00409. The van der Waals surface area contributed by atoms with E-state index in [0.717, 1.165) is 50.4 Å². The smallest absolute Gasteiger partial charge is 0.315 e. The van der Waals surface area contributed by atoms with Gasteiger partial charge in [0.15, 0.2) is 12.1 Å². The molecule has 216 valence electrons. The van der Waals surface area contributed by atoms with Gasteiger partial charge in [0, 0.05) is 18.3 Å². The van der Waals surface area contributed by atoms with Gasteiger partial charge in [0.1, 0.15) is 30.0 Å². The number of allylic oxidation sites excluding steroid dienone is 1. The Morgan fingerprint density at radius 2 is 1.87 bits per heavy atom. The number of aliphatic hydroxyl groups is 1. The summed E-state index contributed by atoms with van der Waals surface area (Å²) < 4.78 is 25.4. The van der Waals surface area contributed by atoms with Crippen LogP contribution in [0.15, 0.2) is 11.6 Å². The van der Waals surface area contributed by atoms with Gasteiger partial charge in [-0.05, 0) is 68.6 Å². The van der Waals surface area contributed by atoms with E-state index < -0.39 is 46.5 Å². The molecule has 0 aromatic heterocycles. The molecule has 2 heterocycles. The molecule has 12 atom stereocenters. The number of hydrogen-bond donors (Lipinski definition) is 2. The van der Waals surface area contributed by atoms with Crippen LogP contribution in [0.25, 0.3) is 0 Å². The van der Waals surface area contributed by atoms with Crippen molar-refractivity contribution in [3.8, 4) is 0 Å². The lowest BCUT2D eigenvalue weighted by Crippen LogP contribution is -2.64. The third kappa shape index (κ3) is 3.08. The molecular formula is C31H44O8. The second kappa shape index (κ2) is 8.60. The zero-order chi connectivity index (χ0) is 27.5. The molecule has 2 N–H and O–H groups in total. The third-order valence-corrected chi connectivity index (χ3v) is 12.4. The Morgan fingerprint density at radius 3 is 2.54 bits per heavy atom. The lowest BCUT2D eigenvalue weighted by Gasteiger charge is -2.58. The van der Waals surface area contributed by atoms with E-state index in [-0.39, 0.29) is 42.5 Å². The highest BCUT2D eigenvalue weighted by molar-refractivity contribution is 5.90. The van der Waals surface area contributed by atoms with E-state index in [1.54, 1.807) is 0 Å². The van der Waals surface area contributed by atoms with E-state index in [0.29, 0.717) is 18.8 Å². The number of carboxylic acids is 1. The second-order valence-corrected chi connectivity index (χ2v) is 14.3. The van der Waals surface area contributed by atoms with Gasteiger partial charge in [0.05, 0.1) is 18.1 Å². The van der Waals surface area contributed by atoms with Crippen molar-refractivity contribution in [3.63, 3.8) is 0 Å². The molecule has 7 unspecified atom stereocenters. The lowest BCUT2D eigenvalue weighted by atomic mass is 9.43. The molecule has 39 heavy (non-hydrogen) atoms. The van der Waals surface area contributed by atoms with E-state index >= 15 is 0 Å². The molecule has 0 amide bonds. The first-order chi connectivity index (χ1) is 18.6. The summed E-state index contributed by atoms with van der Waals surface area (Å²) in [4.78, 5) is 26.9. The van der Waals surface area contributed by atoms with Gasteiger partial charge in [-0.2, -0.15) is 0 Å². The number of carboxylic acid groups (broad SMARTS) is 1. The largest absolute Gasteiger partial charge is 0.481 e. The fraction of sp³-hybridized carbons (Fsp3) is 0.871. The monoisotopic (exact) mass is 544 g/mol. The molecule has 0 radical (unpaired) electrons. The molecule has 2 aliphatic heterocycles. The lowest BCUT2D eigenvalue weighted by molar-refractivity contribution is -0.287. The number of carbonyl (C=O) groups is 2. The highest BCUT2D eigenvalue weighted by Gasteiger charge is 2.84. The Labute approximate surface area is 230 Å². The topological polar surface area (TPSA) is 112 Å². The molecule has 4 saturated carbocycles. The van der Waals surface area contributed by atoms with Gasteiger partial charge in [-0.25, -0.2) is 0 Å². The van der Waals surface area contributed by atoms with Crippen LogP contribution in [0.4, 0.5) is 0 Å². The standard InChI is InChI=1S/C31H44O8/c1-16(2)22-11-19-12-28(14-32)21-8-7-17(3)20(21)13-29(19,31(22,28)27(34)35)15-36-26-23(33)25-24(18(4)37-26)38-30(39-25)9-5-6-10-30/h11,14,16-21,23-26,33H,5-10,12-13,15H2,1-4H3,(H,34,35)/t17?,18-,19?,20?,21?,23+,24-,25+,26-,28?,29?,31?/m1/s1. The van der Waals surface area contributed by atoms with Crippen LogP contribution in [0, 0.1) is 45.8 Å². The minimum Gasteiger partial charge on any atom is -0.481 e. The van der Waals surface area contributed by atoms with Gasteiger partial charge >= 0.3 is 5.97 Å². The summed E-state index contributed by atoms with van der Waals surface area (Å²) in [5, 5.41) is 22.6. The number of fused-ring (bicyclic) bond motifs is 3. The number of aliphatic carboxylic acids is 1. The van der Waals surface area contributed by atoms with Crippen molar-refractivity contribution in [1.82, 2.24) is 0 Å².